The van der Waals surface area contributed by atoms with E-state index in [0.717, 1.165) is 6.07 Å². The highest BCUT2D eigenvalue weighted by molar-refractivity contribution is 7.85. The van der Waals surface area contributed by atoms with E-state index in [1.54, 1.807) is 6.92 Å². The molecule has 0 radical (unpaired) electrons. The lowest BCUT2D eigenvalue weighted by atomic mass is 10.4. The van der Waals surface area contributed by atoms with Gasteiger partial charge in [0.05, 0.1) is 12.2 Å². The van der Waals surface area contributed by atoms with Crippen LogP contribution in [0, 0.1) is 0 Å². The highest BCUT2D eigenvalue weighted by atomic mass is 32.2. The molecule has 1 atom stereocenters. The number of hydrogen-bond donors (Lipinski definition) is 2. The Labute approximate surface area is 109 Å². The number of ether oxygens (including phenoxy) is 1. The number of amides is 1. The van der Waals surface area contributed by atoms with Crippen molar-refractivity contribution in [2.75, 3.05) is 13.2 Å². The molecule has 0 spiro atoms. The summed E-state index contributed by atoms with van der Waals surface area (Å²) >= 11 is 0. The summed E-state index contributed by atoms with van der Waals surface area (Å²) < 4.78 is 52.3. The van der Waals surface area contributed by atoms with Gasteiger partial charge in [0.25, 0.3) is 0 Å². The van der Waals surface area contributed by atoms with Crippen LogP contribution in [0.4, 0.5) is 13.2 Å². The second-order valence-corrected chi connectivity index (χ2v) is 4.78. The van der Waals surface area contributed by atoms with Gasteiger partial charge in [0, 0.05) is 6.61 Å². The number of nitrogens with one attached hydrogen (secondary N) is 2. The first kappa shape index (κ1) is 15.6. The Balaban J connectivity index is 2.52. The van der Waals surface area contributed by atoms with Crippen molar-refractivity contribution in [1.29, 1.82) is 0 Å². The molecular weight excluding hydrogens is 287 g/mol. The third kappa shape index (κ3) is 4.99. The molecule has 1 rings (SSSR count). The van der Waals surface area contributed by atoms with E-state index < -0.39 is 27.2 Å². The van der Waals surface area contributed by atoms with Crippen molar-refractivity contribution in [3.8, 4) is 0 Å². The van der Waals surface area contributed by atoms with Gasteiger partial charge in [-0.2, -0.15) is 18.3 Å². The number of H-pyrrole nitrogens is 1. The van der Waals surface area contributed by atoms with Crippen LogP contribution in [-0.4, -0.2) is 39.0 Å². The summed E-state index contributed by atoms with van der Waals surface area (Å²) in [7, 11) is -3.18. The number of hydrogen-bond acceptors (Lipinski definition) is 4. The highest BCUT2D eigenvalue weighted by Gasteiger charge is 2.39. The zero-order valence-electron chi connectivity index (χ0n) is 9.91. The lowest BCUT2D eigenvalue weighted by molar-refractivity contribution is -0.125. The minimum absolute atomic E-state index is 0.0477. The smallest absolute Gasteiger partial charge is 0.372 e. The van der Waals surface area contributed by atoms with Crippen LogP contribution in [-0.2, 0) is 26.9 Å². The van der Waals surface area contributed by atoms with Crippen molar-refractivity contribution < 1.29 is 26.9 Å². The van der Waals surface area contributed by atoms with E-state index in [1.165, 1.54) is 0 Å². The Hall–Kier alpha value is -1.42. The van der Waals surface area contributed by atoms with Gasteiger partial charge in [-0.3, -0.25) is 9.89 Å². The van der Waals surface area contributed by atoms with Crippen molar-refractivity contribution >= 4 is 16.7 Å². The molecule has 0 aromatic carbocycles. The molecule has 108 valence electrons. The van der Waals surface area contributed by atoms with Crippen molar-refractivity contribution in [3.63, 3.8) is 0 Å². The van der Waals surface area contributed by atoms with Gasteiger partial charge in [0.15, 0.2) is 15.8 Å². The van der Waals surface area contributed by atoms with Gasteiger partial charge in [-0.1, -0.05) is 0 Å². The molecule has 1 aromatic heterocycles. The summed E-state index contributed by atoms with van der Waals surface area (Å²) in [6.45, 7) is 1.92. The van der Waals surface area contributed by atoms with E-state index in [9.17, 15) is 22.2 Å². The molecule has 19 heavy (non-hydrogen) atoms. The van der Waals surface area contributed by atoms with E-state index in [2.05, 4.69) is 15.5 Å². The zero-order valence-corrected chi connectivity index (χ0v) is 10.7. The third-order valence-electron chi connectivity index (χ3n) is 1.92. The van der Waals surface area contributed by atoms with Crippen molar-refractivity contribution in [1.82, 2.24) is 15.5 Å². The fourth-order valence-electron chi connectivity index (χ4n) is 1.08. The lowest BCUT2D eigenvalue weighted by Gasteiger charge is -2.03. The van der Waals surface area contributed by atoms with E-state index in [4.69, 9.17) is 4.74 Å². The number of carbonyl (C=O) groups is 1. The molecular formula is C9H12F3N3O3S. The maximum atomic E-state index is 12.2. The first-order valence-corrected chi connectivity index (χ1v) is 6.37. The maximum absolute atomic E-state index is 12.2. The standard InChI is InChI=1S/C9H12F3N3O3S/c1-2-18-5-7(16)13-4-6-3-8(15-14-6)19(17)9(10,11)12/h3H,2,4-5H2,1H3,(H,13,16)(H,14,15). The van der Waals surface area contributed by atoms with Gasteiger partial charge in [-0.25, -0.2) is 4.21 Å². The molecule has 6 nitrogen and oxygen atoms in total. The summed E-state index contributed by atoms with van der Waals surface area (Å²) in [6, 6.07) is 0.991. The topological polar surface area (TPSA) is 84.1 Å². The van der Waals surface area contributed by atoms with Crippen LogP contribution in [0.1, 0.15) is 12.6 Å². The molecule has 1 aromatic rings. The molecule has 0 saturated carbocycles. The van der Waals surface area contributed by atoms with Crippen LogP contribution in [0.25, 0.3) is 0 Å². The molecule has 0 bridgehead atoms. The van der Waals surface area contributed by atoms with Gasteiger partial charge in [0.1, 0.15) is 6.61 Å². The largest absolute Gasteiger partial charge is 0.477 e. The molecule has 1 amide bonds. The Kier molecular flexibility index (Phi) is 5.48. The summed E-state index contributed by atoms with van der Waals surface area (Å²) in [5, 5.41) is 7.35. The summed E-state index contributed by atoms with van der Waals surface area (Å²) in [5.41, 5.74) is -4.64. The second-order valence-electron chi connectivity index (χ2n) is 3.36. The van der Waals surface area contributed by atoms with Gasteiger partial charge in [0.2, 0.25) is 5.91 Å². The first-order valence-electron chi connectivity index (χ1n) is 5.22. The molecule has 1 unspecified atom stereocenters. The van der Waals surface area contributed by atoms with Crippen LogP contribution in [0.15, 0.2) is 11.1 Å². The van der Waals surface area contributed by atoms with Crippen molar-refractivity contribution in [3.05, 3.63) is 11.8 Å². The zero-order chi connectivity index (χ0) is 14.5. The van der Waals surface area contributed by atoms with Crippen LogP contribution < -0.4 is 5.32 Å². The van der Waals surface area contributed by atoms with Gasteiger partial charge in [-0.05, 0) is 13.0 Å². The Morgan fingerprint density at radius 3 is 2.84 bits per heavy atom. The van der Waals surface area contributed by atoms with Crippen molar-refractivity contribution in [2.45, 2.75) is 24.0 Å². The van der Waals surface area contributed by atoms with Gasteiger partial charge in [-0.15, -0.1) is 0 Å². The molecule has 0 saturated heterocycles. The fraction of sp³-hybridized carbons (Fsp3) is 0.556. The number of rotatable bonds is 6. The number of alkyl halides is 3. The molecule has 0 aliphatic heterocycles. The second kappa shape index (κ2) is 6.66. The number of halogens is 3. The summed E-state index contributed by atoms with van der Waals surface area (Å²) in [6.07, 6.45) is 0. The molecule has 2 N–H and O–H groups in total. The van der Waals surface area contributed by atoms with Crippen LogP contribution in [0.2, 0.25) is 0 Å². The number of carbonyl (C=O) groups excluding carboxylic acids is 1. The van der Waals surface area contributed by atoms with Crippen LogP contribution >= 0.6 is 0 Å². The molecule has 0 aliphatic rings. The number of aromatic nitrogens is 2. The molecule has 0 fully saturated rings. The molecule has 10 heteroatoms. The third-order valence-corrected chi connectivity index (χ3v) is 2.93. The Bertz CT molecular complexity index is 461. The number of nitrogens with zero attached hydrogens (tertiary/aromatic N) is 1. The van der Waals surface area contributed by atoms with Crippen LogP contribution in [0.5, 0.6) is 0 Å². The minimum atomic E-state index is -4.86. The van der Waals surface area contributed by atoms with E-state index >= 15 is 0 Å². The first-order chi connectivity index (χ1) is 8.84. The Morgan fingerprint density at radius 2 is 2.26 bits per heavy atom. The average molecular weight is 299 g/mol. The normalized spacial score (nSPS) is 13.3. The predicted octanol–water partition coefficient (Wildman–Crippen LogP) is 0.690. The van der Waals surface area contributed by atoms with Crippen molar-refractivity contribution in [2.24, 2.45) is 0 Å². The van der Waals surface area contributed by atoms with Gasteiger partial charge < -0.3 is 10.1 Å². The van der Waals surface area contributed by atoms with E-state index in [0.29, 0.717) is 6.61 Å². The monoisotopic (exact) mass is 299 g/mol. The van der Waals surface area contributed by atoms with Crippen LogP contribution in [0.3, 0.4) is 0 Å². The van der Waals surface area contributed by atoms with E-state index in [-0.39, 0.29) is 18.8 Å². The highest BCUT2D eigenvalue weighted by Crippen LogP contribution is 2.25. The quantitative estimate of drug-likeness (QED) is 0.809. The SMILES string of the molecule is CCOCC(=O)NCc1cc(S(=O)C(F)(F)F)n[nH]1. The average Bonchev–Trinajstić information content (AvgIpc) is 2.80. The molecule has 0 aliphatic carbocycles. The fourth-order valence-corrected chi connectivity index (χ4v) is 1.70. The predicted molar refractivity (Wildman–Crippen MR) is 59.4 cm³/mol. The Morgan fingerprint density at radius 1 is 1.58 bits per heavy atom. The number of aromatic amines is 1. The van der Waals surface area contributed by atoms with E-state index in [1.807, 2.05) is 0 Å². The lowest BCUT2D eigenvalue weighted by Crippen LogP contribution is -2.27. The maximum Gasteiger partial charge on any atom is 0.477 e. The summed E-state index contributed by atoms with van der Waals surface area (Å²) in [5.74, 6) is -0.407. The van der Waals surface area contributed by atoms with Gasteiger partial charge >= 0.3 is 5.51 Å². The molecule has 1 heterocycles. The summed E-state index contributed by atoms with van der Waals surface area (Å²) in [4.78, 5) is 11.2. The minimum Gasteiger partial charge on any atom is -0.372 e.